The van der Waals surface area contributed by atoms with Gasteiger partial charge >= 0.3 is 6.09 Å². The predicted octanol–water partition coefficient (Wildman–Crippen LogP) is 18.0. The lowest BCUT2D eigenvalue weighted by Crippen LogP contribution is -2.49. The first kappa shape index (κ1) is 103. The number of nitrogens with zero attached hydrogens (tertiary/aromatic N) is 7. The summed E-state index contributed by atoms with van der Waals surface area (Å²) in [4.78, 5) is 44.2. The summed E-state index contributed by atoms with van der Waals surface area (Å²) in [5.74, 6) is 0.501. The molecule has 4 aliphatic heterocycles. The van der Waals surface area contributed by atoms with Gasteiger partial charge in [-0.15, -0.1) is 0 Å². The number of nitrogens with two attached hydrogens (primary N) is 1. The average molecular weight is 1590 g/mol. The van der Waals surface area contributed by atoms with Gasteiger partial charge in [0.1, 0.15) is 0 Å². The van der Waals surface area contributed by atoms with Crippen molar-refractivity contribution in [1.82, 2.24) is 13.5 Å². The maximum atomic E-state index is 11.9. The van der Waals surface area contributed by atoms with Crippen LogP contribution in [0.1, 0.15) is 221 Å². The number of aryl methyl sites for hydroxylation is 1. The van der Waals surface area contributed by atoms with E-state index in [4.69, 9.17) is 5.14 Å². The zero-order valence-electron chi connectivity index (χ0n) is 67.4. The third kappa shape index (κ3) is 31.7. The third-order valence-corrected chi connectivity index (χ3v) is 23.3. The number of nitrogens with one attached hydrogen (secondary N) is 1. The van der Waals surface area contributed by atoms with Crippen LogP contribution in [-0.4, -0.2) is 161 Å². The molecule has 110 heavy (non-hydrogen) atoms. The van der Waals surface area contributed by atoms with Crippen LogP contribution in [0, 0.1) is 0 Å². The van der Waals surface area contributed by atoms with Crippen molar-refractivity contribution >= 4 is 76.4 Å². The summed E-state index contributed by atoms with van der Waals surface area (Å²) in [6, 6.07) is 47.0. The van der Waals surface area contributed by atoms with Crippen molar-refractivity contribution in [3.05, 3.63) is 178 Å². The largest absolute Gasteiger partial charge is 0.452 e. The van der Waals surface area contributed by atoms with Gasteiger partial charge in [0.25, 0.3) is 0 Å². The number of benzene rings is 6. The van der Waals surface area contributed by atoms with Crippen LogP contribution in [0.3, 0.4) is 0 Å². The number of amides is 3. The molecule has 10 rings (SSSR count). The van der Waals surface area contributed by atoms with E-state index in [1.54, 1.807) is 41.6 Å². The Kier molecular flexibility index (Phi) is 39.7. The number of sulfonamides is 3. The quantitative estimate of drug-likeness (QED) is 0.145. The van der Waals surface area contributed by atoms with E-state index in [1.165, 1.54) is 80.8 Å². The molecule has 620 valence electrons. The van der Waals surface area contributed by atoms with E-state index >= 15 is 0 Å². The van der Waals surface area contributed by atoms with Crippen molar-refractivity contribution in [2.75, 3.05) is 130 Å². The van der Waals surface area contributed by atoms with Gasteiger partial charge in [-0.3, -0.25) is 14.5 Å². The molecule has 4 heterocycles. The van der Waals surface area contributed by atoms with Gasteiger partial charge in [-0.05, 0) is 152 Å². The molecule has 0 aliphatic carbocycles. The maximum absolute atomic E-state index is 11.9. The summed E-state index contributed by atoms with van der Waals surface area (Å²) in [6.07, 6.45) is 2.40. The number of piperazine rings is 3. The number of primary sulfonamides is 1. The topological polar surface area (TPSA) is 224 Å². The van der Waals surface area contributed by atoms with Crippen LogP contribution in [-0.2, 0) is 83.3 Å². The molecule has 0 saturated carbocycles. The number of ether oxygens (including phenoxy) is 1. The summed E-state index contributed by atoms with van der Waals surface area (Å²) < 4.78 is 76.5. The molecule has 0 aromatic heterocycles. The zero-order chi connectivity index (χ0) is 79.1. The number of hydrogen-bond acceptors (Lipinski definition) is 13. The van der Waals surface area contributed by atoms with E-state index in [0.717, 1.165) is 75.7 Å². The van der Waals surface area contributed by atoms with Crippen LogP contribution >= 0.6 is 0 Å². The van der Waals surface area contributed by atoms with E-state index < -0.39 is 30.1 Å². The second kappa shape index (κ2) is 42.5. The normalized spacial score (nSPS) is 15.0. The Balaban J connectivity index is 0.00000129. The Morgan fingerprint density at radius 1 is 0.445 bits per heavy atom. The molecule has 3 fully saturated rings. The predicted molar refractivity (Wildman–Crippen MR) is 470 cm³/mol. The summed E-state index contributed by atoms with van der Waals surface area (Å²) >= 11 is 0. The third-order valence-electron chi connectivity index (χ3n) is 19.2. The number of fused-ring (bicyclic) bond motifs is 1. The SMILES string of the molecule is C.C.C.C.C.CC(=O)N1CCN(c2ccc(C(C)(C)C)cc2)CC1.CC(C)(C)c1ccc(N2CCN(S(C)(=O)=O)CC2)cc1.CC(C)(C)c1ccc(S(N)(=O)=O)cc1.CC(C)(C)c1ccc2c(c1)CCC(=O)N2.CCS(=O)(=O)N1CCN(c2ccc(C(C)(C)C)cc2)CC1.COC(=O)N(C)c1ccc(C(C)(C)C)cc1. The molecule has 3 amide bonds. The van der Waals surface area contributed by atoms with Crippen molar-refractivity contribution in [3.63, 3.8) is 0 Å². The van der Waals surface area contributed by atoms with Crippen molar-refractivity contribution in [2.45, 2.75) is 226 Å². The Morgan fingerprint density at radius 2 is 0.745 bits per heavy atom. The lowest BCUT2D eigenvalue weighted by molar-refractivity contribution is -0.129. The number of anilines is 5. The highest BCUT2D eigenvalue weighted by atomic mass is 32.2. The van der Waals surface area contributed by atoms with Crippen LogP contribution in [0.5, 0.6) is 0 Å². The molecule has 0 unspecified atom stereocenters. The molecule has 3 saturated heterocycles. The van der Waals surface area contributed by atoms with Crippen LogP contribution in [0.4, 0.5) is 33.2 Å². The summed E-state index contributed by atoms with van der Waals surface area (Å²) in [6.45, 7) is 51.4. The minimum Gasteiger partial charge on any atom is -0.452 e. The fourth-order valence-corrected chi connectivity index (χ4v) is 14.3. The van der Waals surface area contributed by atoms with Gasteiger partial charge in [0, 0.05) is 127 Å². The number of hydrogen-bond donors (Lipinski definition) is 2. The molecule has 0 spiro atoms. The number of methoxy groups -OCH3 is 1. The van der Waals surface area contributed by atoms with Gasteiger partial charge in [-0.2, -0.15) is 8.61 Å². The number of rotatable bonds is 8. The van der Waals surface area contributed by atoms with Crippen molar-refractivity contribution in [1.29, 1.82) is 0 Å². The highest BCUT2D eigenvalue weighted by Gasteiger charge is 2.28. The van der Waals surface area contributed by atoms with Gasteiger partial charge in [0.15, 0.2) is 0 Å². The maximum Gasteiger partial charge on any atom is 0.413 e. The number of carbonyl (C=O) groups is 3. The van der Waals surface area contributed by atoms with Gasteiger partial charge in [0.2, 0.25) is 41.9 Å². The fraction of sp³-hybridized carbons (Fsp3) is 0.557. The first-order valence-electron chi connectivity index (χ1n) is 36.6. The van der Waals surface area contributed by atoms with Gasteiger partial charge in [-0.1, -0.05) is 235 Å². The van der Waals surface area contributed by atoms with Gasteiger partial charge in [0.05, 0.1) is 24.0 Å². The van der Waals surface area contributed by atoms with E-state index in [1.807, 2.05) is 35.2 Å². The Labute approximate surface area is 669 Å². The molecular weight excluding hydrogens is 1440 g/mol. The van der Waals surface area contributed by atoms with Gasteiger partial charge in [-0.25, -0.2) is 35.2 Å². The highest BCUT2D eigenvalue weighted by molar-refractivity contribution is 7.89. The minimum absolute atomic E-state index is 0. The smallest absolute Gasteiger partial charge is 0.413 e. The van der Waals surface area contributed by atoms with Crippen LogP contribution in [0.2, 0.25) is 0 Å². The van der Waals surface area contributed by atoms with Crippen LogP contribution < -0.4 is 30.1 Å². The summed E-state index contributed by atoms with van der Waals surface area (Å²) in [7, 11) is -6.59. The summed E-state index contributed by atoms with van der Waals surface area (Å²) in [5, 5.41) is 7.89. The molecule has 0 radical (unpaired) electrons. The van der Waals surface area contributed by atoms with Crippen molar-refractivity contribution < 1.29 is 44.4 Å². The monoisotopic (exact) mass is 1580 g/mol. The Bertz CT molecular complexity index is 4130. The molecule has 4 aliphatic rings. The molecular formula is C88H145N9O10S3. The van der Waals surface area contributed by atoms with Crippen LogP contribution in [0.15, 0.2) is 144 Å². The molecule has 0 atom stereocenters. The molecule has 3 N–H and O–H groups in total. The lowest BCUT2D eigenvalue weighted by Gasteiger charge is -2.35. The van der Waals surface area contributed by atoms with E-state index in [-0.39, 0.29) is 98.2 Å². The molecule has 22 heteroatoms. The zero-order valence-corrected chi connectivity index (χ0v) is 69.9. The number of carbonyl (C=O) groups excluding carboxylic acids is 3. The lowest BCUT2D eigenvalue weighted by atomic mass is 9.85. The van der Waals surface area contributed by atoms with Crippen molar-refractivity contribution in [2.24, 2.45) is 5.14 Å². The molecule has 19 nitrogen and oxygen atoms in total. The van der Waals surface area contributed by atoms with E-state index in [9.17, 15) is 39.6 Å². The molecule has 0 bridgehead atoms. The standard InChI is InChI=1S/C16H26N2O2S.C16H24N2O.C15H24N2O2S.C13H19NO2.C13H17NO.C10H15NO2S.5CH4/c1-5-21(19,20)18-12-10-17(11-13-18)15-8-6-14(7-9-15)16(2,3)4;1-13(19)17-9-11-18(12-10-17)15-7-5-14(6-8-15)16(2,3)4;1-15(2,3)13-5-7-14(8-6-13)16-9-11-17(12-10-16)20(4,18)19;1-13(2,3)10-6-8-11(9-7-10)14(4)12(15)16-5;1-13(2,3)10-5-6-11-9(8-10)4-7-12(15)14-11;1-10(2,3)8-4-6-9(7-5-8)14(11,12)13;;;;;/h6-9H,5,10-13H2,1-4H3;5-8H,9-12H2,1-4H3;5-8H,9-12H2,1-4H3;6-9H,1-5H3;5-6,8H,4,7H2,1-3H3,(H,14,15);4-7H,1-3H3,(H2,11,12,13);5*1H4. The first-order chi connectivity index (χ1) is 48.3. The second-order valence-corrected chi connectivity index (χ2v) is 39.4. The second-order valence-electron chi connectivity index (χ2n) is 33.6. The Morgan fingerprint density at radius 3 is 1.04 bits per heavy atom. The molecule has 6 aromatic rings. The average Bonchev–Trinajstić information content (AvgIpc) is 0.853. The van der Waals surface area contributed by atoms with Crippen LogP contribution in [0.25, 0.3) is 0 Å². The molecule has 6 aromatic carbocycles. The van der Waals surface area contributed by atoms with E-state index in [2.05, 4.69) is 234 Å². The fourth-order valence-electron chi connectivity index (χ4n) is 11.9. The van der Waals surface area contributed by atoms with E-state index in [0.29, 0.717) is 32.6 Å². The van der Waals surface area contributed by atoms with Gasteiger partial charge < -0.3 is 29.7 Å². The van der Waals surface area contributed by atoms with Crippen molar-refractivity contribution in [3.8, 4) is 0 Å². The first-order valence-corrected chi connectivity index (χ1v) is 41.6. The Hall–Kier alpha value is -7.34. The summed E-state index contributed by atoms with van der Waals surface area (Å²) in [5.41, 5.74) is 15.2. The minimum atomic E-state index is -3.57. The highest BCUT2D eigenvalue weighted by Crippen LogP contribution is 2.33.